The molecule has 110 valence electrons. The van der Waals surface area contributed by atoms with Gasteiger partial charge >= 0.3 is 0 Å². The molecule has 1 unspecified atom stereocenters. The minimum atomic E-state index is -0.750. The quantitative estimate of drug-likeness (QED) is 0.754. The Labute approximate surface area is 124 Å². The standard InChI is InChI=1S/C17H20N2O2/c1-11-4-3-5-15(12(11)2)17(21)19-10-16(20)13-6-8-14(18)9-7-13/h3-9,16,20H,10,18H2,1-2H3,(H,19,21). The molecule has 0 aliphatic rings. The van der Waals surface area contributed by atoms with Gasteiger partial charge in [-0.3, -0.25) is 4.79 Å². The van der Waals surface area contributed by atoms with E-state index in [0.29, 0.717) is 11.3 Å². The smallest absolute Gasteiger partial charge is 0.251 e. The van der Waals surface area contributed by atoms with Gasteiger partial charge in [0.15, 0.2) is 0 Å². The summed E-state index contributed by atoms with van der Waals surface area (Å²) >= 11 is 0. The molecule has 0 aliphatic carbocycles. The van der Waals surface area contributed by atoms with Gasteiger partial charge in [-0.05, 0) is 48.7 Å². The molecule has 0 aromatic heterocycles. The number of aliphatic hydroxyl groups excluding tert-OH is 1. The van der Waals surface area contributed by atoms with Crippen molar-refractivity contribution in [1.29, 1.82) is 0 Å². The highest BCUT2D eigenvalue weighted by molar-refractivity contribution is 5.95. The van der Waals surface area contributed by atoms with Gasteiger partial charge in [0.25, 0.3) is 5.91 Å². The van der Waals surface area contributed by atoms with Crippen molar-refractivity contribution < 1.29 is 9.90 Å². The molecule has 4 N–H and O–H groups in total. The first kappa shape index (κ1) is 15.1. The van der Waals surface area contributed by atoms with Crippen molar-refractivity contribution in [3.8, 4) is 0 Å². The van der Waals surface area contributed by atoms with Crippen LogP contribution < -0.4 is 11.1 Å². The van der Waals surface area contributed by atoms with Gasteiger partial charge in [0, 0.05) is 17.8 Å². The summed E-state index contributed by atoms with van der Waals surface area (Å²) in [5.41, 5.74) is 9.64. The van der Waals surface area contributed by atoms with Crippen LogP contribution in [0.3, 0.4) is 0 Å². The molecule has 0 spiro atoms. The maximum atomic E-state index is 12.2. The highest BCUT2D eigenvalue weighted by atomic mass is 16.3. The summed E-state index contributed by atoms with van der Waals surface area (Å²) < 4.78 is 0. The van der Waals surface area contributed by atoms with E-state index in [1.165, 1.54) is 0 Å². The number of aryl methyl sites for hydroxylation is 1. The number of nitrogens with two attached hydrogens (primary N) is 1. The largest absolute Gasteiger partial charge is 0.399 e. The first-order valence-electron chi connectivity index (χ1n) is 6.87. The fourth-order valence-electron chi connectivity index (χ4n) is 2.12. The second-order valence-corrected chi connectivity index (χ2v) is 5.14. The second kappa shape index (κ2) is 6.41. The fraction of sp³-hybridized carbons (Fsp3) is 0.235. The van der Waals surface area contributed by atoms with Crippen molar-refractivity contribution >= 4 is 11.6 Å². The normalized spacial score (nSPS) is 12.0. The average molecular weight is 284 g/mol. The Kier molecular flexibility index (Phi) is 4.60. The lowest BCUT2D eigenvalue weighted by molar-refractivity contribution is 0.0915. The Balaban J connectivity index is 2.00. The van der Waals surface area contributed by atoms with Crippen LogP contribution in [0.25, 0.3) is 0 Å². The van der Waals surface area contributed by atoms with Crippen LogP contribution in [0.5, 0.6) is 0 Å². The Morgan fingerprint density at radius 2 is 1.86 bits per heavy atom. The molecular formula is C17H20N2O2. The van der Waals surface area contributed by atoms with Gasteiger partial charge in [-0.2, -0.15) is 0 Å². The number of carbonyl (C=O) groups is 1. The molecule has 0 saturated carbocycles. The predicted molar refractivity (Wildman–Crippen MR) is 84.1 cm³/mol. The number of nitrogen functional groups attached to an aromatic ring is 1. The zero-order valence-corrected chi connectivity index (χ0v) is 12.3. The van der Waals surface area contributed by atoms with Crippen LogP contribution >= 0.6 is 0 Å². The molecule has 2 rings (SSSR count). The van der Waals surface area contributed by atoms with Crippen molar-refractivity contribution in [1.82, 2.24) is 5.32 Å². The summed E-state index contributed by atoms with van der Waals surface area (Å²) in [5.74, 6) is -0.175. The summed E-state index contributed by atoms with van der Waals surface area (Å²) in [4.78, 5) is 12.2. The number of hydrogen-bond acceptors (Lipinski definition) is 3. The number of aliphatic hydroxyl groups is 1. The van der Waals surface area contributed by atoms with E-state index in [9.17, 15) is 9.90 Å². The first-order valence-corrected chi connectivity index (χ1v) is 6.87. The molecule has 2 aromatic carbocycles. The lowest BCUT2D eigenvalue weighted by Crippen LogP contribution is -2.29. The molecule has 0 fully saturated rings. The zero-order chi connectivity index (χ0) is 15.4. The number of nitrogens with one attached hydrogen (secondary N) is 1. The van der Waals surface area contributed by atoms with E-state index in [-0.39, 0.29) is 12.5 Å². The molecule has 1 amide bonds. The first-order chi connectivity index (χ1) is 9.99. The van der Waals surface area contributed by atoms with Crippen LogP contribution in [0.4, 0.5) is 5.69 Å². The lowest BCUT2D eigenvalue weighted by Gasteiger charge is -2.14. The van der Waals surface area contributed by atoms with Crippen LogP contribution in [0.1, 0.15) is 33.2 Å². The number of carbonyl (C=O) groups excluding carboxylic acids is 1. The number of rotatable bonds is 4. The minimum Gasteiger partial charge on any atom is -0.399 e. The summed E-state index contributed by atoms with van der Waals surface area (Å²) in [7, 11) is 0. The van der Waals surface area contributed by atoms with E-state index in [2.05, 4.69) is 5.32 Å². The van der Waals surface area contributed by atoms with Crippen molar-refractivity contribution in [3.05, 3.63) is 64.7 Å². The van der Waals surface area contributed by atoms with E-state index in [4.69, 9.17) is 5.73 Å². The summed E-state index contributed by atoms with van der Waals surface area (Å²) in [5, 5.41) is 12.8. The van der Waals surface area contributed by atoms with Gasteiger partial charge in [-0.15, -0.1) is 0 Å². The molecule has 21 heavy (non-hydrogen) atoms. The molecule has 0 radical (unpaired) electrons. The third-order valence-corrected chi connectivity index (χ3v) is 3.63. The maximum Gasteiger partial charge on any atom is 0.251 e. The molecule has 0 heterocycles. The Bertz CT molecular complexity index is 636. The molecule has 2 aromatic rings. The topological polar surface area (TPSA) is 75.3 Å². The van der Waals surface area contributed by atoms with E-state index in [1.54, 1.807) is 30.3 Å². The maximum absolute atomic E-state index is 12.2. The van der Waals surface area contributed by atoms with Crippen molar-refractivity contribution in [2.75, 3.05) is 12.3 Å². The molecule has 4 heteroatoms. The number of benzene rings is 2. The molecule has 0 aliphatic heterocycles. The molecule has 0 bridgehead atoms. The number of hydrogen-bond donors (Lipinski definition) is 3. The Hall–Kier alpha value is -2.33. The SMILES string of the molecule is Cc1cccc(C(=O)NCC(O)c2ccc(N)cc2)c1C. The minimum absolute atomic E-state index is 0.163. The number of amides is 1. The van der Waals surface area contributed by atoms with Crippen molar-refractivity contribution in [3.63, 3.8) is 0 Å². The fourth-order valence-corrected chi connectivity index (χ4v) is 2.12. The molecular weight excluding hydrogens is 264 g/mol. The summed E-state index contributed by atoms with van der Waals surface area (Å²) in [6.45, 7) is 4.05. The van der Waals surface area contributed by atoms with Gasteiger partial charge < -0.3 is 16.2 Å². The number of anilines is 1. The average Bonchev–Trinajstić information content (AvgIpc) is 2.48. The van der Waals surface area contributed by atoms with Gasteiger partial charge in [-0.25, -0.2) is 0 Å². The lowest BCUT2D eigenvalue weighted by atomic mass is 10.0. The van der Waals surface area contributed by atoms with E-state index < -0.39 is 6.10 Å². The van der Waals surface area contributed by atoms with E-state index >= 15 is 0 Å². The third kappa shape index (κ3) is 3.61. The summed E-state index contributed by atoms with van der Waals surface area (Å²) in [6.07, 6.45) is -0.750. The third-order valence-electron chi connectivity index (χ3n) is 3.63. The highest BCUT2D eigenvalue weighted by Gasteiger charge is 2.13. The van der Waals surface area contributed by atoms with E-state index in [0.717, 1.165) is 16.7 Å². The Morgan fingerprint density at radius 1 is 1.19 bits per heavy atom. The van der Waals surface area contributed by atoms with Gasteiger partial charge in [0.05, 0.1) is 6.10 Å². The van der Waals surface area contributed by atoms with Crippen LogP contribution in [-0.2, 0) is 0 Å². The Morgan fingerprint density at radius 3 is 2.52 bits per heavy atom. The van der Waals surface area contributed by atoms with Crippen LogP contribution in [-0.4, -0.2) is 17.6 Å². The van der Waals surface area contributed by atoms with Gasteiger partial charge in [-0.1, -0.05) is 24.3 Å². The van der Waals surface area contributed by atoms with Crippen LogP contribution in [0.2, 0.25) is 0 Å². The monoisotopic (exact) mass is 284 g/mol. The van der Waals surface area contributed by atoms with Crippen LogP contribution in [0, 0.1) is 13.8 Å². The zero-order valence-electron chi connectivity index (χ0n) is 12.3. The van der Waals surface area contributed by atoms with Gasteiger partial charge in [0.1, 0.15) is 0 Å². The predicted octanol–water partition coefficient (Wildman–Crippen LogP) is 2.35. The van der Waals surface area contributed by atoms with Gasteiger partial charge in [0.2, 0.25) is 0 Å². The van der Waals surface area contributed by atoms with E-state index in [1.807, 2.05) is 26.0 Å². The highest BCUT2D eigenvalue weighted by Crippen LogP contribution is 2.15. The molecule has 4 nitrogen and oxygen atoms in total. The van der Waals surface area contributed by atoms with Crippen molar-refractivity contribution in [2.45, 2.75) is 20.0 Å². The molecule has 0 saturated heterocycles. The van der Waals surface area contributed by atoms with Crippen molar-refractivity contribution in [2.24, 2.45) is 0 Å². The summed E-state index contributed by atoms with van der Waals surface area (Å²) in [6, 6.07) is 12.6. The van der Waals surface area contributed by atoms with Crippen LogP contribution in [0.15, 0.2) is 42.5 Å². The second-order valence-electron chi connectivity index (χ2n) is 5.14. The molecule has 1 atom stereocenters.